The van der Waals surface area contributed by atoms with Crippen molar-refractivity contribution in [1.29, 1.82) is 0 Å². The lowest BCUT2D eigenvalue weighted by Crippen LogP contribution is -2.03. The summed E-state index contributed by atoms with van der Waals surface area (Å²) < 4.78 is 28.3. The van der Waals surface area contributed by atoms with Gasteiger partial charge in [0.1, 0.15) is 5.04 Å². The molecule has 0 spiro atoms. The lowest BCUT2D eigenvalue weighted by Gasteiger charge is -2.04. The largest absolute Gasteiger partial charge is 0.283 e. The minimum atomic E-state index is -3.70. The van der Waals surface area contributed by atoms with E-state index in [1.54, 1.807) is 48.7 Å². The van der Waals surface area contributed by atoms with Gasteiger partial charge in [0, 0.05) is 10.6 Å². The fraction of sp³-hybridized carbons (Fsp3) is 0.0714. The number of halogens is 1. The monoisotopic (exact) mass is 325 g/mol. The van der Waals surface area contributed by atoms with E-state index in [1.165, 1.54) is 23.9 Å². The third-order valence-electron chi connectivity index (χ3n) is 2.53. The maximum Gasteiger partial charge on any atom is 0.283 e. The van der Waals surface area contributed by atoms with Gasteiger partial charge in [-0.2, -0.15) is 12.8 Å². The average Bonchev–Trinajstić information content (AvgIpc) is 2.47. The van der Waals surface area contributed by atoms with Crippen LogP contribution in [-0.4, -0.2) is 19.7 Å². The second-order valence-electron chi connectivity index (χ2n) is 3.90. The first-order valence-electron chi connectivity index (χ1n) is 5.73. The van der Waals surface area contributed by atoms with E-state index in [0.29, 0.717) is 10.1 Å². The summed E-state index contributed by atoms with van der Waals surface area (Å²) >= 11 is 7.10. The quantitative estimate of drug-likeness (QED) is 0.636. The van der Waals surface area contributed by atoms with Gasteiger partial charge in [0.2, 0.25) is 0 Å². The Kier molecular flexibility index (Phi) is 4.86. The van der Waals surface area contributed by atoms with Crippen molar-refractivity contribution in [3.05, 3.63) is 65.2 Å². The zero-order chi connectivity index (χ0) is 14.6. The minimum Gasteiger partial charge on any atom is -0.199 e. The maximum absolute atomic E-state index is 12.2. The normalized spacial score (nSPS) is 12.4. The minimum absolute atomic E-state index is 0.181. The van der Waals surface area contributed by atoms with Crippen LogP contribution >= 0.6 is 23.4 Å². The lowest BCUT2D eigenvalue weighted by atomic mass is 10.2. The molecule has 3 nitrogen and oxygen atoms in total. The average molecular weight is 326 g/mol. The van der Waals surface area contributed by atoms with E-state index in [1.807, 2.05) is 0 Å². The second-order valence-corrected chi connectivity index (χ2v) is 6.73. The molecule has 2 aromatic carbocycles. The van der Waals surface area contributed by atoms with E-state index in [0.717, 1.165) is 5.56 Å². The van der Waals surface area contributed by atoms with Gasteiger partial charge in [-0.25, -0.2) is 0 Å². The summed E-state index contributed by atoms with van der Waals surface area (Å²) in [5.74, 6) is 0. The molecule has 0 fully saturated rings. The van der Waals surface area contributed by atoms with Crippen molar-refractivity contribution in [3.63, 3.8) is 0 Å². The highest BCUT2D eigenvalue weighted by atomic mass is 35.5. The topological polar surface area (TPSA) is 46.5 Å². The molecule has 0 aliphatic heterocycles. The van der Waals surface area contributed by atoms with Gasteiger partial charge in [-0.05, 0) is 30.5 Å². The lowest BCUT2D eigenvalue weighted by molar-refractivity contribution is 0.598. The molecule has 2 aromatic rings. The van der Waals surface area contributed by atoms with Gasteiger partial charge >= 0.3 is 0 Å². The number of hydrogen-bond acceptors (Lipinski definition) is 3. The number of thioether (sulfide) groups is 1. The second kappa shape index (κ2) is 6.43. The zero-order valence-corrected chi connectivity index (χ0v) is 13.0. The fourth-order valence-corrected chi connectivity index (χ4v) is 3.58. The first-order valence-corrected chi connectivity index (χ1v) is 8.77. The Morgan fingerprint density at radius 3 is 2.20 bits per heavy atom. The molecule has 0 saturated heterocycles. The molecule has 20 heavy (non-hydrogen) atoms. The van der Waals surface area contributed by atoms with Gasteiger partial charge in [-0.15, -0.1) is 11.8 Å². The fourth-order valence-electron chi connectivity index (χ4n) is 1.55. The summed E-state index contributed by atoms with van der Waals surface area (Å²) in [5.41, 5.74) is 0.724. The van der Waals surface area contributed by atoms with Crippen molar-refractivity contribution < 1.29 is 8.42 Å². The summed E-state index contributed by atoms with van der Waals surface area (Å²) in [4.78, 5) is 0.181. The van der Waals surface area contributed by atoms with E-state index in [9.17, 15) is 8.42 Å². The number of rotatable bonds is 3. The summed E-state index contributed by atoms with van der Waals surface area (Å²) in [6, 6.07) is 15.1. The van der Waals surface area contributed by atoms with Crippen LogP contribution in [0.2, 0.25) is 5.02 Å². The Morgan fingerprint density at radius 2 is 1.65 bits per heavy atom. The molecule has 2 rings (SSSR count). The van der Waals surface area contributed by atoms with Crippen LogP contribution in [0.1, 0.15) is 5.56 Å². The van der Waals surface area contributed by atoms with E-state index in [4.69, 9.17) is 11.6 Å². The SMILES string of the molecule is CS/C(=N/S(=O)(=O)c1ccccc1)c1ccc(Cl)cc1. The zero-order valence-electron chi connectivity index (χ0n) is 10.7. The molecular formula is C14H12ClNO2S2. The summed E-state index contributed by atoms with van der Waals surface area (Å²) in [7, 11) is -3.70. The number of nitrogens with zero attached hydrogens (tertiary/aromatic N) is 1. The van der Waals surface area contributed by atoms with E-state index in [-0.39, 0.29) is 4.90 Å². The van der Waals surface area contributed by atoms with Gasteiger partial charge in [-0.3, -0.25) is 0 Å². The molecule has 0 atom stereocenters. The molecule has 104 valence electrons. The van der Waals surface area contributed by atoms with Crippen LogP contribution in [0.3, 0.4) is 0 Å². The molecule has 0 heterocycles. The van der Waals surface area contributed by atoms with Crippen molar-refractivity contribution in [2.75, 3.05) is 6.26 Å². The van der Waals surface area contributed by atoms with E-state index in [2.05, 4.69) is 4.40 Å². The highest BCUT2D eigenvalue weighted by molar-refractivity contribution is 8.14. The van der Waals surface area contributed by atoms with Crippen LogP contribution in [0.15, 0.2) is 63.9 Å². The van der Waals surface area contributed by atoms with Crippen molar-refractivity contribution in [3.8, 4) is 0 Å². The van der Waals surface area contributed by atoms with E-state index >= 15 is 0 Å². The van der Waals surface area contributed by atoms with Gasteiger partial charge in [0.05, 0.1) is 4.90 Å². The van der Waals surface area contributed by atoms with Crippen molar-refractivity contribution in [2.45, 2.75) is 4.90 Å². The van der Waals surface area contributed by atoms with Crippen LogP contribution in [0, 0.1) is 0 Å². The molecule has 0 aromatic heterocycles. The van der Waals surface area contributed by atoms with Crippen LogP contribution < -0.4 is 0 Å². The molecule has 0 unspecified atom stereocenters. The van der Waals surface area contributed by atoms with Crippen LogP contribution in [0.4, 0.5) is 0 Å². The maximum atomic E-state index is 12.2. The molecule has 0 N–H and O–H groups in total. The number of sulfonamides is 1. The Balaban J connectivity index is 2.43. The van der Waals surface area contributed by atoms with Crippen molar-refractivity contribution >= 4 is 38.4 Å². The van der Waals surface area contributed by atoms with Gasteiger partial charge in [0.25, 0.3) is 10.0 Å². The molecule has 0 saturated carbocycles. The first-order chi connectivity index (χ1) is 9.53. The van der Waals surface area contributed by atoms with Gasteiger partial charge < -0.3 is 0 Å². The number of hydrogen-bond donors (Lipinski definition) is 0. The number of benzene rings is 2. The predicted molar refractivity (Wildman–Crippen MR) is 85.1 cm³/mol. The molecule has 0 radical (unpaired) electrons. The summed E-state index contributed by atoms with van der Waals surface area (Å²) in [6.07, 6.45) is 1.79. The molecular weight excluding hydrogens is 314 g/mol. The highest BCUT2D eigenvalue weighted by Crippen LogP contribution is 2.19. The third-order valence-corrected chi connectivity index (χ3v) is 4.90. The van der Waals surface area contributed by atoms with Crippen molar-refractivity contribution in [2.24, 2.45) is 4.40 Å². The molecule has 0 aliphatic rings. The first kappa shape index (κ1) is 15.1. The smallest absolute Gasteiger partial charge is 0.199 e. The molecule has 6 heteroatoms. The molecule has 0 amide bonds. The Hall–Kier alpha value is -1.30. The predicted octanol–water partition coefficient (Wildman–Crippen LogP) is 3.84. The van der Waals surface area contributed by atoms with Crippen LogP contribution in [-0.2, 0) is 10.0 Å². The van der Waals surface area contributed by atoms with E-state index < -0.39 is 10.0 Å². The van der Waals surface area contributed by atoms with Crippen molar-refractivity contribution in [1.82, 2.24) is 0 Å². The summed E-state index contributed by atoms with van der Waals surface area (Å²) in [6.45, 7) is 0. The van der Waals surface area contributed by atoms with Crippen LogP contribution in [0.25, 0.3) is 0 Å². The molecule has 0 bridgehead atoms. The Morgan fingerprint density at radius 1 is 1.05 bits per heavy atom. The Bertz CT molecular complexity index is 711. The standard InChI is InChI=1S/C14H12ClNO2S2/c1-19-14(11-7-9-12(15)10-8-11)16-20(17,18)13-5-3-2-4-6-13/h2-10H,1H3/b16-14+. The van der Waals surface area contributed by atoms with Gasteiger partial charge in [-0.1, -0.05) is 41.9 Å². The van der Waals surface area contributed by atoms with Crippen LogP contribution in [0.5, 0.6) is 0 Å². The third kappa shape index (κ3) is 3.62. The molecule has 0 aliphatic carbocycles. The Labute approximate surface area is 127 Å². The van der Waals surface area contributed by atoms with Gasteiger partial charge in [0.15, 0.2) is 0 Å². The summed E-state index contributed by atoms with van der Waals surface area (Å²) in [5, 5.41) is 1.03. The highest BCUT2D eigenvalue weighted by Gasteiger charge is 2.14.